The number of carbonyl (C=O) groups is 2. The summed E-state index contributed by atoms with van der Waals surface area (Å²) in [6.45, 7) is 3.50. The van der Waals surface area contributed by atoms with Crippen molar-refractivity contribution in [3.63, 3.8) is 0 Å². The van der Waals surface area contributed by atoms with E-state index in [4.69, 9.17) is 10.5 Å². The lowest BCUT2D eigenvalue weighted by Gasteiger charge is -2.37. The first kappa shape index (κ1) is 19.2. The van der Waals surface area contributed by atoms with Gasteiger partial charge >= 0.3 is 0 Å². The Morgan fingerprint density at radius 1 is 1.43 bits per heavy atom. The van der Waals surface area contributed by atoms with Gasteiger partial charge in [-0.05, 0) is 42.9 Å². The Morgan fingerprint density at radius 2 is 2.18 bits per heavy atom. The number of nitrogens with zero attached hydrogens (tertiary/aromatic N) is 3. The number of hydrogen-bond donors (Lipinski definition) is 2. The lowest BCUT2D eigenvalue weighted by Crippen LogP contribution is -2.47. The van der Waals surface area contributed by atoms with Crippen molar-refractivity contribution >= 4 is 17.6 Å². The smallest absolute Gasteiger partial charge is 0.272 e. The summed E-state index contributed by atoms with van der Waals surface area (Å²) >= 11 is 0. The van der Waals surface area contributed by atoms with Crippen LogP contribution in [0.1, 0.15) is 43.1 Å². The molecule has 0 aromatic carbocycles. The molecule has 2 amide bonds. The molecular weight excluding hydrogens is 358 g/mol. The van der Waals surface area contributed by atoms with E-state index in [2.05, 4.69) is 17.3 Å². The molecule has 8 nitrogen and oxygen atoms in total. The third kappa shape index (κ3) is 2.72. The number of ether oxygens (including phenoxy) is 1. The van der Waals surface area contributed by atoms with Gasteiger partial charge in [0, 0.05) is 39.9 Å². The van der Waals surface area contributed by atoms with Crippen LogP contribution >= 0.6 is 0 Å². The summed E-state index contributed by atoms with van der Waals surface area (Å²) in [5.74, 6) is 1.22. The largest absolute Gasteiger partial charge is 0.383 e. The lowest BCUT2D eigenvalue weighted by molar-refractivity contribution is -0.124. The van der Waals surface area contributed by atoms with E-state index in [1.807, 2.05) is 25.1 Å². The number of nitrogens with one attached hydrogen (secondary N) is 1. The van der Waals surface area contributed by atoms with Crippen molar-refractivity contribution in [2.24, 2.45) is 35.4 Å². The second kappa shape index (κ2) is 6.47. The van der Waals surface area contributed by atoms with E-state index in [1.54, 1.807) is 11.8 Å². The van der Waals surface area contributed by atoms with Gasteiger partial charge in [-0.1, -0.05) is 6.92 Å². The van der Waals surface area contributed by atoms with Crippen LogP contribution in [0, 0.1) is 22.7 Å². The molecule has 8 heteroatoms. The maximum Gasteiger partial charge on any atom is 0.272 e. The van der Waals surface area contributed by atoms with Gasteiger partial charge in [0.2, 0.25) is 5.91 Å². The van der Waals surface area contributed by atoms with E-state index in [0.717, 1.165) is 38.0 Å². The second-order valence-electron chi connectivity index (χ2n) is 9.18. The minimum atomic E-state index is -0.312. The Hall–Kier alpha value is -2.09. The minimum absolute atomic E-state index is 0.0684. The number of anilines is 1. The highest BCUT2D eigenvalue weighted by Crippen LogP contribution is 2.79. The van der Waals surface area contributed by atoms with Crippen molar-refractivity contribution in [1.29, 1.82) is 0 Å². The van der Waals surface area contributed by atoms with Crippen molar-refractivity contribution in [2.75, 3.05) is 32.2 Å². The van der Waals surface area contributed by atoms with Gasteiger partial charge in [-0.15, -0.1) is 0 Å². The van der Waals surface area contributed by atoms with Crippen LogP contribution in [0.25, 0.3) is 0 Å². The van der Waals surface area contributed by atoms with E-state index in [1.165, 1.54) is 0 Å². The monoisotopic (exact) mass is 389 g/mol. The molecule has 28 heavy (non-hydrogen) atoms. The van der Waals surface area contributed by atoms with Crippen LogP contribution in [0.2, 0.25) is 0 Å². The molecule has 1 aromatic rings. The van der Waals surface area contributed by atoms with Crippen LogP contribution in [0.4, 0.5) is 5.82 Å². The maximum absolute atomic E-state index is 12.9. The number of hydrogen-bond acceptors (Lipinski definition) is 5. The lowest BCUT2D eigenvalue weighted by atomic mass is 9.73. The van der Waals surface area contributed by atoms with Gasteiger partial charge in [0.1, 0.15) is 5.82 Å². The Kier molecular flexibility index (Phi) is 4.45. The fourth-order valence-electron chi connectivity index (χ4n) is 6.13. The third-order valence-electron chi connectivity index (χ3n) is 7.51. The fourth-order valence-corrected chi connectivity index (χ4v) is 6.13. The molecule has 154 valence electrons. The molecule has 1 heterocycles. The first-order valence-corrected chi connectivity index (χ1v) is 10.1. The summed E-state index contributed by atoms with van der Waals surface area (Å²) in [6, 6.07) is 1.88. The van der Waals surface area contributed by atoms with Gasteiger partial charge in [0.25, 0.3) is 5.91 Å². The van der Waals surface area contributed by atoms with E-state index in [-0.39, 0.29) is 28.7 Å². The normalized spacial score (nSPS) is 35.4. The number of nitrogens with two attached hydrogens (primary N) is 1. The van der Waals surface area contributed by atoms with Gasteiger partial charge in [0.05, 0.1) is 12.0 Å². The molecule has 3 saturated carbocycles. The molecule has 0 aliphatic heterocycles. The first-order valence-electron chi connectivity index (χ1n) is 10.1. The molecule has 3 aliphatic rings. The van der Waals surface area contributed by atoms with Crippen LogP contribution in [-0.4, -0.2) is 54.9 Å². The number of fused-ring (bicyclic) bond motifs is 1. The standard InChI is InChI=1S/C20H31N5O3/c1-12-8-19-9-13(10-20(19,11-19)18(21)27)16(12)22-17(26)14-7-15(25(3)23-14)24(2)5-6-28-4/h7,12-13,16H,5-6,8-11H2,1-4H3,(H2,21,27)(H,22,26)/t12?,13?,16-,19?,20+/m0/s1. The average Bonchev–Trinajstić information content (AvgIpc) is 2.95. The molecule has 4 rings (SSSR count). The van der Waals surface area contributed by atoms with E-state index in [0.29, 0.717) is 24.1 Å². The topological polar surface area (TPSA) is 102 Å². The number of likely N-dealkylation sites (N-methyl/N-ethyl adjacent to an activating group) is 1. The maximum atomic E-state index is 12.9. The Balaban J connectivity index is 1.45. The quantitative estimate of drug-likeness (QED) is 0.722. The predicted octanol–water partition coefficient (Wildman–Crippen LogP) is 0.913. The van der Waals surface area contributed by atoms with Gasteiger partial charge in [-0.3, -0.25) is 14.3 Å². The minimum Gasteiger partial charge on any atom is -0.383 e. The van der Waals surface area contributed by atoms with Crippen molar-refractivity contribution in [2.45, 2.75) is 38.6 Å². The van der Waals surface area contributed by atoms with Crippen LogP contribution in [0.3, 0.4) is 0 Å². The second-order valence-corrected chi connectivity index (χ2v) is 9.18. The molecular formula is C20H31N5O3. The number of methoxy groups -OCH3 is 1. The zero-order chi connectivity index (χ0) is 20.3. The summed E-state index contributed by atoms with van der Waals surface area (Å²) in [5.41, 5.74) is 5.95. The average molecular weight is 390 g/mol. The number of primary amides is 1. The number of amides is 2. The number of rotatable bonds is 7. The van der Waals surface area contributed by atoms with E-state index >= 15 is 0 Å². The Labute approximate surface area is 165 Å². The molecule has 3 unspecified atom stereocenters. The van der Waals surface area contributed by atoms with Crippen molar-refractivity contribution in [3.8, 4) is 0 Å². The molecule has 0 saturated heterocycles. The fraction of sp³-hybridized carbons (Fsp3) is 0.750. The number of carbonyl (C=O) groups excluding carboxylic acids is 2. The molecule has 2 bridgehead atoms. The highest BCUT2D eigenvalue weighted by molar-refractivity contribution is 5.93. The predicted molar refractivity (Wildman–Crippen MR) is 105 cm³/mol. The van der Waals surface area contributed by atoms with Gasteiger partial charge in [-0.25, -0.2) is 0 Å². The van der Waals surface area contributed by atoms with Crippen LogP contribution in [-0.2, 0) is 16.6 Å². The molecule has 1 spiro atoms. The van der Waals surface area contributed by atoms with Crippen LogP contribution < -0.4 is 16.0 Å². The SMILES string of the molecule is COCCN(C)c1cc(C(=O)N[C@H]2C(C)CC34CC2C[C@]3(C(N)=O)C4)nn1C. The summed E-state index contributed by atoms with van der Waals surface area (Å²) < 4.78 is 6.84. The summed E-state index contributed by atoms with van der Waals surface area (Å²) in [6.07, 6.45) is 3.71. The van der Waals surface area contributed by atoms with Crippen LogP contribution in [0.5, 0.6) is 0 Å². The van der Waals surface area contributed by atoms with Crippen LogP contribution in [0.15, 0.2) is 6.07 Å². The zero-order valence-electron chi connectivity index (χ0n) is 17.2. The molecule has 5 atom stereocenters. The molecule has 3 fully saturated rings. The number of aromatic nitrogens is 2. The first-order chi connectivity index (χ1) is 13.2. The Morgan fingerprint density at radius 3 is 2.86 bits per heavy atom. The third-order valence-corrected chi connectivity index (χ3v) is 7.51. The van der Waals surface area contributed by atoms with E-state index < -0.39 is 0 Å². The van der Waals surface area contributed by atoms with Crippen molar-refractivity contribution in [1.82, 2.24) is 15.1 Å². The molecule has 3 aliphatic carbocycles. The zero-order valence-corrected chi connectivity index (χ0v) is 17.2. The van der Waals surface area contributed by atoms with Crippen molar-refractivity contribution < 1.29 is 14.3 Å². The summed E-state index contributed by atoms with van der Waals surface area (Å²) in [7, 11) is 5.46. The van der Waals surface area contributed by atoms with Gasteiger partial charge in [0.15, 0.2) is 5.69 Å². The molecule has 1 aromatic heterocycles. The summed E-state index contributed by atoms with van der Waals surface area (Å²) in [5, 5.41) is 7.62. The van der Waals surface area contributed by atoms with Gasteiger partial charge in [-0.2, -0.15) is 5.10 Å². The summed E-state index contributed by atoms with van der Waals surface area (Å²) in [4.78, 5) is 27.0. The highest BCUT2D eigenvalue weighted by atomic mass is 16.5. The molecule has 3 N–H and O–H groups in total. The molecule has 0 radical (unpaired) electrons. The highest BCUT2D eigenvalue weighted by Gasteiger charge is 2.77. The Bertz CT molecular complexity index is 808. The number of aryl methyl sites for hydroxylation is 1. The van der Waals surface area contributed by atoms with E-state index in [9.17, 15) is 9.59 Å². The van der Waals surface area contributed by atoms with Gasteiger partial charge < -0.3 is 20.7 Å². The van der Waals surface area contributed by atoms with Crippen molar-refractivity contribution in [3.05, 3.63) is 11.8 Å².